The van der Waals surface area contributed by atoms with Gasteiger partial charge in [0.25, 0.3) is 11.8 Å². The van der Waals surface area contributed by atoms with Gasteiger partial charge in [0.15, 0.2) is 0 Å². The largest absolute Gasteiger partial charge is 0.496 e. The van der Waals surface area contributed by atoms with Crippen molar-refractivity contribution in [3.8, 4) is 16.9 Å². The number of H-pyrrole nitrogens is 1. The number of carbonyl (C=O) groups is 4. The summed E-state index contributed by atoms with van der Waals surface area (Å²) in [5.74, 6) is 1.64. The van der Waals surface area contributed by atoms with Gasteiger partial charge in [0.05, 0.1) is 41.5 Å². The molecular formula is C46H49N13O6. The molecule has 2 aliphatic heterocycles. The summed E-state index contributed by atoms with van der Waals surface area (Å²) in [5, 5.41) is 22.8. The number of anilines is 3. The number of piperidine rings is 1. The Labute approximate surface area is 372 Å². The number of nitrogens with zero attached hydrogens (tertiary/aromatic N) is 8. The molecule has 0 radical (unpaired) electrons. The summed E-state index contributed by atoms with van der Waals surface area (Å²) in [6, 6.07) is 10.9. The lowest BCUT2D eigenvalue weighted by atomic mass is 10.0. The second kappa shape index (κ2) is 16.9. The SMILES string of the molecule is CCn1nc(C2CC2)cc1Nc1nc(C(=O)NCCc2cn(CCCNc3cccc4c3CN(C3CCC(=O)NC3=O)C4=O)cn2)nc2[nH]c3cc(-c4c(C)noc4C)c(OC)cc3c12. The molecule has 7 aromatic rings. The van der Waals surface area contributed by atoms with Gasteiger partial charge in [-0.15, -0.1) is 0 Å². The van der Waals surface area contributed by atoms with Gasteiger partial charge in [-0.05, 0) is 70.7 Å². The van der Waals surface area contributed by atoms with Gasteiger partial charge in [-0.25, -0.2) is 19.6 Å². The lowest BCUT2D eigenvalue weighted by molar-refractivity contribution is -0.136. The monoisotopic (exact) mass is 879 g/mol. The van der Waals surface area contributed by atoms with Crippen molar-refractivity contribution < 1.29 is 28.4 Å². The molecule has 19 heteroatoms. The molecule has 7 heterocycles. The number of methoxy groups -OCH3 is 1. The quantitative estimate of drug-likeness (QED) is 0.0583. The fraction of sp³-hybridized carbons (Fsp3) is 0.370. The van der Waals surface area contributed by atoms with Crippen LogP contribution in [0.2, 0.25) is 0 Å². The number of amides is 4. The fourth-order valence-corrected chi connectivity index (χ4v) is 9.00. The molecule has 2 aromatic carbocycles. The number of aromatic amines is 1. The molecule has 65 heavy (non-hydrogen) atoms. The Morgan fingerprint density at radius 3 is 2.68 bits per heavy atom. The van der Waals surface area contributed by atoms with E-state index in [1.165, 1.54) is 0 Å². The maximum absolute atomic E-state index is 13.8. The molecule has 1 unspecified atom stereocenters. The topological polar surface area (TPSA) is 232 Å². The van der Waals surface area contributed by atoms with Crippen LogP contribution in [-0.4, -0.2) is 94.2 Å². The zero-order chi connectivity index (χ0) is 44.9. The predicted octanol–water partition coefficient (Wildman–Crippen LogP) is 5.66. The standard InChI is InChI=1S/C46H49N13O6/c1-5-59-37(20-33(55-59)26-10-11-26)51-42-40-29-19-36(64-4)30(39-24(2)56-65-25(39)3)18-34(29)50-41(40)53-43(54-42)45(62)48-16-14-27-21-57(23-49-27)17-7-15-47-32-9-6-8-28-31(32)22-58(46(28)63)35-12-13-38(60)52-44(35)61/h6,8-9,18-21,23,26,35,47H,5,7,10-17,22H2,1-4H3,(H,48,62)(H,52,60,61)(H2,50,51,53,54). The van der Waals surface area contributed by atoms with Crippen LogP contribution in [0, 0.1) is 13.8 Å². The van der Waals surface area contributed by atoms with Crippen molar-refractivity contribution in [3.05, 3.63) is 88.7 Å². The van der Waals surface area contributed by atoms with Crippen LogP contribution in [0.5, 0.6) is 5.75 Å². The van der Waals surface area contributed by atoms with Gasteiger partial charge in [-0.2, -0.15) is 5.10 Å². The van der Waals surface area contributed by atoms with Gasteiger partial charge in [-0.1, -0.05) is 11.2 Å². The van der Waals surface area contributed by atoms with E-state index >= 15 is 0 Å². The van der Waals surface area contributed by atoms with Gasteiger partial charge in [0.2, 0.25) is 17.6 Å². The highest BCUT2D eigenvalue weighted by Crippen LogP contribution is 2.43. The lowest BCUT2D eigenvalue weighted by Gasteiger charge is -2.29. The first kappa shape index (κ1) is 41.4. The summed E-state index contributed by atoms with van der Waals surface area (Å²) in [5.41, 5.74) is 7.80. The number of benzene rings is 2. The van der Waals surface area contributed by atoms with E-state index in [4.69, 9.17) is 24.3 Å². The van der Waals surface area contributed by atoms with Crippen molar-refractivity contribution in [1.29, 1.82) is 0 Å². The van der Waals surface area contributed by atoms with Crippen LogP contribution in [0.3, 0.4) is 0 Å². The van der Waals surface area contributed by atoms with Crippen LogP contribution >= 0.6 is 0 Å². The first-order valence-corrected chi connectivity index (χ1v) is 22.1. The Kier molecular flexibility index (Phi) is 10.7. The molecule has 19 nitrogen and oxygen atoms in total. The predicted molar refractivity (Wildman–Crippen MR) is 240 cm³/mol. The smallest absolute Gasteiger partial charge is 0.289 e. The molecule has 334 valence electrons. The Bertz CT molecular complexity index is 3010. The molecule has 0 spiro atoms. The Morgan fingerprint density at radius 2 is 1.91 bits per heavy atom. The fourth-order valence-electron chi connectivity index (χ4n) is 9.00. The first-order chi connectivity index (χ1) is 31.6. The molecule has 1 saturated carbocycles. The molecule has 2 fully saturated rings. The third-order valence-corrected chi connectivity index (χ3v) is 12.5. The molecule has 0 bridgehead atoms. The van der Waals surface area contributed by atoms with Crippen LogP contribution in [0.15, 0.2) is 53.4 Å². The normalized spacial score (nSPS) is 16.1. The highest BCUT2D eigenvalue weighted by atomic mass is 16.5. The van der Waals surface area contributed by atoms with Gasteiger partial charge in [0.1, 0.15) is 34.8 Å². The van der Waals surface area contributed by atoms with E-state index in [0.29, 0.717) is 85.4 Å². The second-order valence-corrected chi connectivity index (χ2v) is 16.8. The van der Waals surface area contributed by atoms with E-state index in [2.05, 4.69) is 42.5 Å². The van der Waals surface area contributed by atoms with E-state index in [0.717, 1.165) is 75.4 Å². The highest BCUT2D eigenvalue weighted by Gasteiger charge is 2.40. The number of aryl methyl sites for hydroxylation is 4. The Morgan fingerprint density at radius 1 is 1.05 bits per heavy atom. The minimum Gasteiger partial charge on any atom is -0.496 e. The number of imide groups is 1. The van der Waals surface area contributed by atoms with Crippen molar-refractivity contribution in [2.45, 2.75) is 90.9 Å². The average Bonchev–Trinajstić information content (AvgIpc) is 3.55. The van der Waals surface area contributed by atoms with Crippen LogP contribution in [0.1, 0.15) is 94.3 Å². The average molecular weight is 880 g/mol. The summed E-state index contributed by atoms with van der Waals surface area (Å²) in [7, 11) is 1.63. The van der Waals surface area contributed by atoms with Crippen LogP contribution in [-0.2, 0) is 35.6 Å². The van der Waals surface area contributed by atoms with Crippen molar-refractivity contribution >= 4 is 62.9 Å². The maximum atomic E-state index is 13.8. The third kappa shape index (κ3) is 7.90. The molecular weight excluding hydrogens is 831 g/mol. The van der Waals surface area contributed by atoms with Crippen molar-refractivity contribution in [2.75, 3.05) is 30.8 Å². The van der Waals surface area contributed by atoms with Crippen molar-refractivity contribution in [3.63, 3.8) is 0 Å². The molecule has 3 aliphatic rings. The number of fused-ring (bicyclic) bond motifs is 4. The number of carbonyl (C=O) groups excluding carboxylic acids is 4. The number of aromatic nitrogens is 8. The minimum absolute atomic E-state index is 0.00424. The second-order valence-electron chi connectivity index (χ2n) is 16.8. The van der Waals surface area contributed by atoms with Gasteiger partial charge in [0, 0.05) is 97.0 Å². The zero-order valence-corrected chi connectivity index (χ0v) is 36.6. The van der Waals surface area contributed by atoms with E-state index in [1.807, 2.05) is 60.5 Å². The van der Waals surface area contributed by atoms with Gasteiger partial charge in [-0.3, -0.25) is 24.5 Å². The molecule has 1 atom stereocenters. The van der Waals surface area contributed by atoms with Gasteiger partial charge >= 0.3 is 0 Å². The van der Waals surface area contributed by atoms with Crippen molar-refractivity contribution in [1.82, 2.24) is 55.0 Å². The summed E-state index contributed by atoms with van der Waals surface area (Å²) in [4.78, 5) is 70.4. The number of hydrogen-bond donors (Lipinski definition) is 5. The third-order valence-electron chi connectivity index (χ3n) is 12.5. The highest BCUT2D eigenvalue weighted by molar-refractivity contribution is 6.14. The zero-order valence-electron chi connectivity index (χ0n) is 36.6. The molecule has 5 aromatic heterocycles. The van der Waals surface area contributed by atoms with Crippen LogP contribution in [0.25, 0.3) is 33.1 Å². The Balaban J connectivity index is 0.808. The Hall–Kier alpha value is -7.57. The molecule has 10 rings (SSSR count). The number of ether oxygens (including phenoxy) is 1. The maximum Gasteiger partial charge on any atom is 0.289 e. The molecule has 4 amide bonds. The summed E-state index contributed by atoms with van der Waals surface area (Å²) in [6.07, 6.45) is 7.79. The van der Waals surface area contributed by atoms with E-state index in [-0.39, 0.29) is 24.1 Å². The summed E-state index contributed by atoms with van der Waals surface area (Å²) >= 11 is 0. The molecule has 1 aliphatic carbocycles. The minimum atomic E-state index is -0.661. The number of hydrogen-bond acceptors (Lipinski definition) is 13. The molecule has 5 N–H and O–H groups in total. The summed E-state index contributed by atoms with van der Waals surface area (Å²) in [6.45, 7) is 8.41. The first-order valence-electron chi connectivity index (χ1n) is 22.1. The number of nitrogens with one attached hydrogen (secondary N) is 5. The van der Waals surface area contributed by atoms with E-state index in [9.17, 15) is 19.2 Å². The van der Waals surface area contributed by atoms with Gasteiger partial charge < -0.3 is 39.7 Å². The number of imidazole rings is 1. The molecule has 1 saturated heterocycles. The van der Waals surface area contributed by atoms with Crippen LogP contribution in [0.4, 0.5) is 17.3 Å². The van der Waals surface area contributed by atoms with Crippen LogP contribution < -0.4 is 26.0 Å². The van der Waals surface area contributed by atoms with E-state index < -0.39 is 17.9 Å². The summed E-state index contributed by atoms with van der Waals surface area (Å²) < 4.78 is 15.3. The van der Waals surface area contributed by atoms with E-state index in [1.54, 1.807) is 24.4 Å². The number of rotatable bonds is 16. The lowest BCUT2D eigenvalue weighted by Crippen LogP contribution is -2.52. The van der Waals surface area contributed by atoms with Crippen molar-refractivity contribution in [2.24, 2.45) is 0 Å².